The molecule has 1 N–H and O–H groups in total. The van der Waals surface area contributed by atoms with E-state index in [-0.39, 0.29) is 12.4 Å². The highest BCUT2D eigenvalue weighted by molar-refractivity contribution is 6.19. The number of likely N-dealkylation sites (N-methyl/N-ethyl adjacent to an activating group) is 1. The van der Waals surface area contributed by atoms with E-state index in [2.05, 4.69) is 10.3 Å². The lowest BCUT2D eigenvalue weighted by Crippen LogP contribution is -2.61. The maximum Gasteiger partial charge on any atom is 0.346 e. The van der Waals surface area contributed by atoms with E-state index in [0.717, 1.165) is 0 Å². The Balaban J connectivity index is 3.07. The lowest BCUT2D eigenvalue weighted by Gasteiger charge is -2.24. The number of carbonyl (C=O) groups is 2. The number of hydrogen-bond donors (Lipinski definition) is 1. The maximum atomic E-state index is 11.4. The number of imide groups is 1. The summed E-state index contributed by atoms with van der Waals surface area (Å²) in [7, 11) is 1.18. The zero-order chi connectivity index (χ0) is 11.6. The van der Waals surface area contributed by atoms with Crippen molar-refractivity contribution in [3.8, 4) is 0 Å². The van der Waals surface area contributed by atoms with Crippen LogP contribution in [0.1, 0.15) is 6.92 Å². The molecular formula is C7H10N4O4. The highest BCUT2D eigenvalue weighted by atomic mass is 16.6. The van der Waals surface area contributed by atoms with Crippen LogP contribution in [0.4, 0.5) is 4.79 Å². The Morgan fingerprint density at radius 3 is 2.67 bits per heavy atom. The second kappa shape index (κ2) is 4.03. The zero-order valence-corrected chi connectivity index (χ0v) is 8.26. The summed E-state index contributed by atoms with van der Waals surface area (Å²) in [6, 6.07) is -2.31. The van der Waals surface area contributed by atoms with Gasteiger partial charge in [0.25, 0.3) is 0 Å². The molecule has 0 spiro atoms. The number of amides is 3. The van der Waals surface area contributed by atoms with Gasteiger partial charge in [0.2, 0.25) is 0 Å². The van der Waals surface area contributed by atoms with E-state index in [9.17, 15) is 19.7 Å². The molecule has 3 amide bonds. The summed E-state index contributed by atoms with van der Waals surface area (Å²) in [6.45, 7) is 1.91. The molecule has 8 heteroatoms. The second-order valence-electron chi connectivity index (χ2n) is 2.87. The lowest BCUT2D eigenvalue weighted by atomic mass is 10.2. The van der Waals surface area contributed by atoms with Crippen LogP contribution >= 0.6 is 0 Å². The van der Waals surface area contributed by atoms with Crippen molar-refractivity contribution in [2.24, 2.45) is 4.99 Å². The number of amidine groups is 1. The van der Waals surface area contributed by atoms with E-state index in [0.29, 0.717) is 4.90 Å². The Morgan fingerprint density at radius 2 is 2.20 bits per heavy atom. The van der Waals surface area contributed by atoms with Crippen molar-refractivity contribution >= 4 is 17.8 Å². The van der Waals surface area contributed by atoms with Gasteiger partial charge in [-0.25, -0.2) is 4.79 Å². The zero-order valence-electron chi connectivity index (χ0n) is 8.26. The van der Waals surface area contributed by atoms with Crippen LogP contribution in [0.25, 0.3) is 0 Å². The molecule has 82 valence electrons. The smallest absolute Gasteiger partial charge is 0.289 e. The number of rotatable bonds is 2. The summed E-state index contributed by atoms with van der Waals surface area (Å²) in [5.41, 5.74) is 0. The number of nitrogens with zero attached hydrogens (tertiary/aromatic N) is 3. The molecular weight excluding hydrogens is 204 g/mol. The molecule has 8 nitrogen and oxygen atoms in total. The SMILES string of the molecule is CCN=C1NC(=O)N(C)C(=O)C1[N+](=O)[O-]. The molecule has 1 rings (SSSR count). The van der Waals surface area contributed by atoms with Crippen LogP contribution in [0.2, 0.25) is 0 Å². The van der Waals surface area contributed by atoms with Gasteiger partial charge in [-0.15, -0.1) is 0 Å². The van der Waals surface area contributed by atoms with Crippen LogP contribution in [-0.4, -0.2) is 47.2 Å². The molecule has 0 aliphatic carbocycles. The molecule has 1 heterocycles. The summed E-state index contributed by atoms with van der Waals surface area (Å²) in [5.74, 6) is -1.08. The topological polar surface area (TPSA) is 105 Å². The van der Waals surface area contributed by atoms with Crippen LogP contribution in [0.5, 0.6) is 0 Å². The molecule has 0 aromatic rings. The van der Waals surface area contributed by atoms with Gasteiger partial charge in [-0.2, -0.15) is 0 Å². The number of urea groups is 1. The van der Waals surface area contributed by atoms with Crippen LogP contribution < -0.4 is 5.32 Å². The van der Waals surface area contributed by atoms with Gasteiger partial charge < -0.3 is 0 Å². The molecule has 0 radical (unpaired) electrons. The third kappa shape index (κ3) is 1.92. The fourth-order valence-corrected chi connectivity index (χ4v) is 1.15. The summed E-state index contributed by atoms with van der Waals surface area (Å²) < 4.78 is 0. The number of hydrogen-bond acceptors (Lipinski definition) is 5. The van der Waals surface area contributed by atoms with Gasteiger partial charge >= 0.3 is 18.0 Å². The van der Waals surface area contributed by atoms with E-state index in [1.54, 1.807) is 6.92 Å². The van der Waals surface area contributed by atoms with Gasteiger partial charge in [0, 0.05) is 18.5 Å². The average Bonchev–Trinajstić information content (AvgIpc) is 2.14. The van der Waals surface area contributed by atoms with Crippen LogP contribution in [0.3, 0.4) is 0 Å². The van der Waals surface area contributed by atoms with Gasteiger partial charge in [0.15, 0.2) is 5.84 Å². The Hall–Kier alpha value is -1.99. The predicted molar refractivity (Wildman–Crippen MR) is 50.1 cm³/mol. The molecule has 15 heavy (non-hydrogen) atoms. The van der Waals surface area contributed by atoms with E-state index in [1.807, 2.05) is 0 Å². The minimum atomic E-state index is -1.60. The number of nitro groups is 1. The fraction of sp³-hybridized carbons (Fsp3) is 0.571. The largest absolute Gasteiger partial charge is 0.346 e. The second-order valence-corrected chi connectivity index (χ2v) is 2.87. The van der Waals surface area contributed by atoms with Gasteiger partial charge in [-0.3, -0.25) is 30.1 Å². The summed E-state index contributed by atoms with van der Waals surface area (Å²) in [6.07, 6.45) is 0. The van der Waals surface area contributed by atoms with Crippen molar-refractivity contribution < 1.29 is 14.5 Å². The van der Waals surface area contributed by atoms with Crippen LogP contribution in [0.15, 0.2) is 4.99 Å². The molecule has 1 aliphatic rings. The van der Waals surface area contributed by atoms with Gasteiger partial charge in [0.1, 0.15) is 0 Å². The molecule has 0 aromatic carbocycles. The number of nitrogens with one attached hydrogen (secondary N) is 1. The highest BCUT2D eigenvalue weighted by Crippen LogP contribution is 2.05. The van der Waals surface area contributed by atoms with Gasteiger partial charge in [-0.1, -0.05) is 0 Å². The molecule has 0 saturated carbocycles. The maximum absolute atomic E-state index is 11.4. The van der Waals surface area contributed by atoms with Crippen LogP contribution in [0, 0.1) is 10.1 Å². The van der Waals surface area contributed by atoms with Gasteiger partial charge in [-0.05, 0) is 6.92 Å². The molecule has 1 unspecified atom stereocenters. The van der Waals surface area contributed by atoms with Gasteiger partial charge in [0.05, 0.1) is 0 Å². The number of aliphatic imine (C=N–C) groups is 1. The van der Waals surface area contributed by atoms with E-state index >= 15 is 0 Å². The molecule has 0 bridgehead atoms. The van der Waals surface area contributed by atoms with E-state index in [4.69, 9.17) is 0 Å². The molecule has 1 aliphatic heterocycles. The third-order valence-electron chi connectivity index (χ3n) is 1.90. The first-order chi connectivity index (χ1) is 6.99. The summed E-state index contributed by atoms with van der Waals surface area (Å²) in [4.78, 5) is 36.8. The molecule has 1 fully saturated rings. The first-order valence-electron chi connectivity index (χ1n) is 4.25. The Morgan fingerprint density at radius 1 is 1.60 bits per heavy atom. The third-order valence-corrected chi connectivity index (χ3v) is 1.90. The van der Waals surface area contributed by atoms with Crippen LogP contribution in [-0.2, 0) is 4.79 Å². The monoisotopic (exact) mass is 214 g/mol. The van der Waals surface area contributed by atoms with E-state index < -0.39 is 22.9 Å². The van der Waals surface area contributed by atoms with Crippen molar-refractivity contribution in [3.05, 3.63) is 10.1 Å². The lowest BCUT2D eigenvalue weighted by molar-refractivity contribution is -0.491. The average molecular weight is 214 g/mol. The molecule has 0 aromatic heterocycles. The fourth-order valence-electron chi connectivity index (χ4n) is 1.15. The Kier molecular flexibility index (Phi) is 2.98. The highest BCUT2D eigenvalue weighted by Gasteiger charge is 2.45. The van der Waals surface area contributed by atoms with Crippen molar-refractivity contribution in [2.75, 3.05) is 13.6 Å². The summed E-state index contributed by atoms with van der Waals surface area (Å²) >= 11 is 0. The van der Waals surface area contributed by atoms with Crippen molar-refractivity contribution in [3.63, 3.8) is 0 Å². The van der Waals surface area contributed by atoms with Crippen molar-refractivity contribution in [1.82, 2.24) is 10.2 Å². The predicted octanol–water partition coefficient (Wildman–Crippen LogP) is -0.768. The summed E-state index contributed by atoms with van der Waals surface area (Å²) in [5, 5.41) is 12.8. The van der Waals surface area contributed by atoms with E-state index in [1.165, 1.54) is 7.05 Å². The van der Waals surface area contributed by atoms with Crippen molar-refractivity contribution in [2.45, 2.75) is 13.0 Å². The van der Waals surface area contributed by atoms with Crippen molar-refractivity contribution in [1.29, 1.82) is 0 Å². The normalized spacial score (nSPS) is 24.3. The quantitative estimate of drug-likeness (QED) is 0.481. The number of carbonyl (C=O) groups excluding carboxylic acids is 2. The minimum absolute atomic E-state index is 0.199. The molecule has 1 saturated heterocycles. The first-order valence-corrected chi connectivity index (χ1v) is 4.25. The minimum Gasteiger partial charge on any atom is -0.289 e. The first kappa shape index (κ1) is 11.1. The molecule has 1 atom stereocenters. The Labute approximate surface area is 85.1 Å². The standard InChI is InChI=1S/C7H10N4O4/c1-3-8-5-4(11(14)15)6(12)10(2)7(13)9-5/h4H,3H2,1-2H3,(H,8,9,13). The Bertz CT molecular complexity index is 351.